The Hall–Kier alpha value is -2.33. The second-order valence-electron chi connectivity index (χ2n) is 5.52. The van der Waals surface area contributed by atoms with Crippen LogP contribution in [0.2, 0.25) is 0 Å². The molecule has 11 nitrogen and oxygen atoms in total. The molecule has 0 amide bonds. The van der Waals surface area contributed by atoms with Gasteiger partial charge < -0.3 is 40.2 Å². The molecule has 0 saturated carbocycles. The maximum absolute atomic E-state index is 12.4. The van der Waals surface area contributed by atoms with Gasteiger partial charge in [0.15, 0.2) is 24.0 Å². The lowest BCUT2D eigenvalue weighted by Gasteiger charge is -2.22. The topological polar surface area (TPSA) is 186 Å². The molecule has 152 valence electrons. The summed E-state index contributed by atoms with van der Waals surface area (Å²) in [5, 5.41) is 27.8. The Balaban J connectivity index is 3.15. The minimum absolute atomic E-state index is 0.0214. The molecule has 1 rings (SSSR count). The number of carbonyl (C=O) groups is 2. The van der Waals surface area contributed by atoms with Gasteiger partial charge in [0.05, 0.1) is 14.2 Å². The Morgan fingerprint density at radius 2 is 1.70 bits per heavy atom. The number of methoxy groups -OCH3 is 2. The first-order valence-electron chi connectivity index (χ1n) is 7.62. The van der Waals surface area contributed by atoms with E-state index in [2.05, 4.69) is 0 Å². The van der Waals surface area contributed by atoms with Gasteiger partial charge in [0.25, 0.3) is 0 Å². The molecule has 12 heteroatoms. The first-order chi connectivity index (χ1) is 12.5. The van der Waals surface area contributed by atoms with E-state index in [-0.39, 0.29) is 29.2 Å². The number of aliphatic carboxylic acids is 2. The van der Waals surface area contributed by atoms with Crippen LogP contribution in [-0.4, -0.2) is 65.2 Å². The van der Waals surface area contributed by atoms with Crippen LogP contribution in [0, 0.1) is 0 Å². The fourth-order valence-corrected chi connectivity index (χ4v) is 3.64. The van der Waals surface area contributed by atoms with Crippen LogP contribution in [0.5, 0.6) is 17.2 Å². The third-order valence-electron chi connectivity index (χ3n) is 3.58. The summed E-state index contributed by atoms with van der Waals surface area (Å²) in [5.74, 6) is -4.53. The summed E-state index contributed by atoms with van der Waals surface area (Å²) < 4.78 is 27.7. The lowest BCUT2D eigenvalue weighted by molar-refractivity contribution is -0.140. The molecular formula is C15H22NO10P. The van der Waals surface area contributed by atoms with Crippen LogP contribution in [-0.2, 0) is 14.2 Å². The van der Waals surface area contributed by atoms with Gasteiger partial charge in [0.1, 0.15) is 6.04 Å². The van der Waals surface area contributed by atoms with Gasteiger partial charge in [-0.3, -0.25) is 9.36 Å². The van der Waals surface area contributed by atoms with Crippen molar-refractivity contribution >= 4 is 19.3 Å². The molecule has 0 aliphatic rings. The van der Waals surface area contributed by atoms with E-state index in [0.717, 1.165) is 0 Å². The minimum atomic E-state index is -4.24. The summed E-state index contributed by atoms with van der Waals surface area (Å²) in [6.45, 7) is -0.680. The molecule has 2 unspecified atom stereocenters. The molecule has 0 radical (unpaired) electrons. The van der Waals surface area contributed by atoms with Crippen molar-refractivity contribution in [2.75, 3.05) is 27.0 Å². The van der Waals surface area contributed by atoms with Gasteiger partial charge in [-0.1, -0.05) is 0 Å². The average Bonchev–Trinajstić information content (AvgIpc) is 2.62. The van der Waals surface area contributed by atoms with Gasteiger partial charge in [0.2, 0.25) is 13.1 Å². The molecule has 6 N–H and O–H groups in total. The monoisotopic (exact) mass is 407 g/mol. The number of aliphatic hydroxyl groups excluding tert-OH is 1. The molecule has 0 fully saturated rings. The maximum atomic E-state index is 12.4. The van der Waals surface area contributed by atoms with Crippen molar-refractivity contribution in [2.45, 2.75) is 18.3 Å². The van der Waals surface area contributed by atoms with Crippen LogP contribution in [0.4, 0.5) is 0 Å². The Morgan fingerprint density at radius 3 is 2.11 bits per heavy atom. The average molecular weight is 407 g/mol. The van der Waals surface area contributed by atoms with Crippen LogP contribution in [0.3, 0.4) is 0 Å². The third kappa shape index (κ3) is 6.10. The highest BCUT2D eigenvalue weighted by molar-refractivity contribution is 7.58. The van der Waals surface area contributed by atoms with Gasteiger partial charge in [0, 0.05) is 6.16 Å². The summed E-state index contributed by atoms with van der Waals surface area (Å²) in [6.07, 6.45) is -0.836. The number of hydrogen-bond acceptors (Lipinski definition) is 8. The van der Waals surface area contributed by atoms with E-state index >= 15 is 0 Å². The first kappa shape index (κ1) is 22.7. The van der Waals surface area contributed by atoms with Crippen molar-refractivity contribution in [1.82, 2.24) is 0 Å². The van der Waals surface area contributed by atoms with Crippen molar-refractivity contribution < 1.29 is 48.6 Å². The molecule has 1 aromatic rings. The zero-order valence-corrected chi connectivity index (χ0v) is 15.6. The number of aliphatic hydroxyl groups is 1. The normalized spacial score (nSPS) is 15.3. The molecule has 0 saturated heterocycles. The summed E-state index contributed by atoms with van der Waals surface area (Å²) in [4.78, 5) is 31.5. The minimum Gasteiger partial charge on any atom is -0.493 e. The van der Waals surface area contributed by atoms with E-state index in [1.54, 1.807) is 0 Å². The number of ether oxygens (including phenoxy) is 3. The summed E-state index contributed by atoms with van der Waals surface area (Å²) in [5.41, 5.74) is 5.26. The Kier molecular flexibility index (Phi) is 8.04. The van der Waals surface area contributed by atoms with E-state index in [0.29, 0.717) is 0 Å². The molecular weight excluding hydrogens is 385 g/mol. The summed E-state index contributed by atoms with van der Waals surface area (Å²) in [6, 6.07) is 1.06. The number of carboxylic acids is 2. The van der Waals surface area contributed by atoms with E-state index in [1.807, 2.05) is 0 Å². The lowest BCUT2D eigenvalue weighted by Crippen LogP contribution is -2.31. The number of benzene rings is 1. The third-order valence-corrected chi connectivity index (χ3v) is 5.54. The van der Waals surface area contributed by atoms with E-state index in [1.165, 1.54) is 26.4 Å². The largest absolute Gasteiger partial charge is 0.493 e. The molecule has 0 aliphatic carbocycles. The molecule has 3 atom stereocenters. The van der Waals surface area contributed by atoms with Crippen LogP contribution in [0.15, 0.2) is 12.1 Å². The van der Waals surface area contributed by atoms with Gasteiger partial charge in [-0.05, 0) is 24.1 Å². The molecule has 0 aliphatic heterocycles. The zero-order valence-electron chi connectivity index (χ0n) is 14.7. The molecule has 1 aromatic carbocycles. The maximum Gasteiger partial charge on any atom is 0.341 e. The highest BCUT2D eigenvalue weighted by atomic mass is 31.2. The number of nitrogens with two attached hydrogens (primary N) is 1. The van der Waals surface area contributed by atoms with Crippen LogP contribution >= 0.6 is 7.37 Å². The van der Waals surface area contributed by atoms with Gasteiger partial charge in [-0.2, -0.15) is 0 Å². The van der Waals surface area contributed by atoms with Gasteiger partial charge >= 0.3 is 11.9 Å². The van der Waals surface area contributed by atoms with E-state index < -0.39 is 44.0 Å². The number of rotatable bonds is 11. The Labute approximate surface area is 154 Å². The molecule has 0 heterocycles. The molecule has 27 heavy (non-hydrogen) atoms. The number of carboxylic acid groups (broad SMARTS) is 2. The second kappa shape index (κ2) is 9.56. The fraction of sp³-hybridized carbons (Fsp3) is 0.467. The zero-order chi connectivity index (χ0) is 20.8. The van der Waals surface area contributed by atoms with Crippen molar-refractivity contribution in [3.8, 4) is 17.2 Å². The van der Waals surface area contributed by atoms with Crippen LogP contribution < -0.4 is 19.9 Å². The fourth-order valence-electron chi connectivity index (χ4n) is 2.13. The van der Waals surface area contributed by atoms with Crippen molar-refractivity contribution in [2.24, 2.45) is 5.73 Å². The second-order valence-corrected chi connectivity index (χ2v) is 7.97. The highest BCUT2D eigenvalue weighted by Crippen LogP contribution is 2.56. The smallest absolute Gasteiger partial charge is 0.341 e. The van der Waals surface area contributed by atoms with E-state index in [4.69, 9.17) is 30.2 Å². The Bertz CT molecular complexity index is 712. The van der Waals surface area contributed by atoms with Crippen molar-refractivity contribution in [3.05, 3.63) is 17.7 Å². The molecule has 0 aromatic heterocycles. The standard InChI is InChI=1S/C15H22NO10P/c1-24-10-5-8(6-11(25-2)13(10)26-7-12(17)18)15(21)27(22,23)4-3-9(16)14(19)20/h5-6,9,15,21H,3-4,7,16H2,1-2H3,(H,17,18)(H,19,20)(H,22,23)/t9-,15?/m0/s1. The quantitative estimate of drug-likeness (QED) is 0.316. The van der Waals surface area contributed by atoms with E-state index in [9.17, 15) is 24.2 Å². The van der Waals surface area contributed by atoms with Crippen LogP contribution in [0.1, 0.15) is 17.8 Å². The predicted molar refractivity (Wildman–Crippen MR) is 92.6 cm³/mol. The molecule has 0 bridgehead atoms. The van der Waals surface area contributed by atoms with Crippen molar-refractivity contribution in [3.63, 3.8) is 0 Å². The highest BCUT2D eigenvalue weighted by Gasteiger charge is 2.33. The molecule has 0 spiro atoms. The number of hydrogen-bond donors (Lipinski definition) is 5. The van der Waals surface area contributed by atoms with Gasteiger partial charge in [-0.25, -0.2) is 4.79 Å². The SMILES string of the molecule is COc1cc(C(O)P(=O)(O)CC[C@H](N)C(=O)O)cc(OC)c1OCC(=O)O. The van der Waals surface area contributed by atoms with Crippen LogP contribution in [0.25, 0.3) is 0 Å². The first-order valence-corrected chi connectivity index (χ1v) is 9.53. The van der Waals surface area contributed by atoms with Crippen molar-refractivity contribution in [1.29, 1.82) is 0 Å². The predicted octanol–water partition coefficient (Wildman–Crippen LogP) is 0.230. The summed E-state index contributed by atoms with van der Waals surface area (Å²) in [7, 11) is -1.73. The lowest BCUT2D eigenvalue weighted by atomic mass is 10.2. The Morgan fingerprint density at radius 1 is 1.19 bits per heavy atom. The van der Waals surface area contributed by atoms with Gasteiger partial charge in [-0.15, -0.1) is 0 Å². The summed E-state index contributed by atoms with van der Waals surface area (Å²) >= 11 is 0.